The van der Waals surface area contributed by atoms with Crippen LogP contribution in [0.2, 0.25) is 0 Å². The normalized spacial score (nSPS) is 10.0. The van der Waals surface area contributed by atoms with Gasteiger partial charge in [-0.15, -0.1) is 0 Å². The van der Waals surface area contributed by atoms with Gasteiger partial charge < -0.3 is 25.4 Å². The molecule has 0 fully saturated rings. The van der Waals surface area contributed by atoms with Crippen molar-refractivity contribution in [2.24, 2.45) is 0 Å². The number of carbonyl (C=O) groups is 2. The van der Waals surface area contributed by atoms with Gasteiger partial charge in [0.15, 0.2) is 0 Å². The number of urea groups is 1. The summed E-state index contributed by atoms with van der Waals surface area (Å²) in [6.45, 7) is 0.961. The summed E-state index contributed by atoms with van der Waals surface area (Å²) in [6.07, 6.45) is 0.187. The van der Waals surface area contributed by atoms with E-state index in [2.05, 4.69) is 31.9 Å². The first-order chi connectivity index (χ1) is 13.1. The number of hydrogen-bond acceptors (Lipinski definition) is 4. The summed E-state index contributed by atoms with van der Waals surface area (Å²) in [7, 11) is 1.59. The molecular weight excluding hydrogens is 414 g/mol. The average Bonchev–Trinajstić information content (AvgIpc) is 2.67. The first-order valence-corrected chi connectivity index (χ1v) is 9.20. The van der Waals surface area contributed by atoms with Crippen LogP contribution in [0, 0.1) is 0 Å². The van der Waals surface area contributed by atoms with Gasteiger partial charge in [-0.25, -0.2) is 4.79 Å². The lowest BCUT2D eigenvalue weighted by Gasteiger charge is -2.10. The number of carbonyl (C=O) groups excluding carboxylic acids is 2. The first kappa shape index (κ1) is 20.6. The zero-order valence-corrected chi connectivity index (χ0v) is 16.5. The molecule has 8 heteroatoms. The fraction of sp³-hybridized carbons (Fsp3) is 0.263. The molecule has 0 aliphatic heterocycles. The smallest absolute Gasteiger partial charge is 0.319 e. The maximum Gasteiger partial charge on any atom is 0.319 e. The Morgan fingerprint density at radius 1 is 1.00 bits per heavy atom. The lowest BCUT2D eigenvalue weighted by Crippen LogP contribution is -2.34. The molecular formula is C19H22BrN3O4. The van der Waals surface area contributed by atoms with Crippen molar-refractivity contribution in [1.82, 2.24) is 10.6 Å². The highest BCUT2D eigenvalue weighted by Gasteiger charge is 2.04. The Morgan fingerprint density at radius 3 is 2.48 bits per heavy atom. The van der Waals surface area contributed by atoms with Gasteiger partial charge >= 0.3 is 6.03 Å². The van der Waals surface area contributed by atoms with Gasteiger partial charge in [0.05, 0.1) is 13.7 Å². The Labute approximate surface area is 166 Å². The molecule has 2 rings (SSSR count). The van der Waals surface area contributed by atoms with E-state index in [4.69, 9.17) is 9.47 Å². The molecule has 0 aromatic heterocycles. The van der Waals surface area contributed by atoms with Crippen molar-refractivity contribution in [3.63, 3.8) is 0 Å². The monoisotopic (exact) mass is 435 g/mol. The fourth-order valence-corrected chi connectivity index (χ4v) is 2.40. The van der Waals surface area contributed by atoms with E-state index in [0.29, 0.717) is 30.3 Å². The summed E-state index contributed by atoms with van der Waals surface area (Å²) >= 11 is 3.33. The summed E-state index contributed by atoms with van der Waals surface area (Å²) in [5.74, 6) is 1.23. The Hall–Kier alpha value is -2.74. The second kappa shape index (κ2) is 11.1. The Balaban J connectivity index is 1.56. The minimum atomic E-state index is -0.355. The van der Waals surface area contributed by atoms with E-state index in [1.165, 1.54) is 0 Å². The standard InChI is InChI=1S/C19H22BrN3O4/c1-26-16-3-2-4-17(13-16)27-12-11-21-18(24)9-10-22-19(25)23-15-7-5-14(20)6-8-15/h2-8,13H,9-12H2,1H3,(H,21,24)(H2,22,23,25). The second-order valence-electron chi connectivity index (χ2n) is 5.52. The van der Waals surface area contributed by atoms with Gasteiger partial charge in [0.1, 0.15) is 18.1 Å². The second-order valence-corrected chi connectivity index (χ2v) is 6.43. The van der Waals surface area contributed by atoms with E-state index < -0.39 is 0 Å². The lowest BCUT2D eigenvalue weighted by molar-refractivity contribution is -0.121. The summed E-state index contributed by atoms with van der Waals surface area (Å²) in [4.78, 5) is 23.5. The molecule has 3 N–H and O–H groups in total. The highest BCUT2D eigenvalue weighted by molar-refractivity contribution is 9.10. The fourth-order valence-electron chi connectivity index (χ4n) is 2.14. The van der Waals surface area contributed by atoms with Crippen molar-refractivity contribution in [3.8, 4) is 11.5 Å². The number of nitrogens with one attached hydrogen (secondary N) is 3. The third-order valence-corrected chi connectivity index (χ3v) is 4.00. The molecule has 0 aliphatic carbocycles. The minimum Gasteiger partial charge on any atom is -0.497 e. The van der Waals surface area contributed by atoms with Gasteiger partial charge in [0.2, 0.25) is 5.91 Å². The van der Waals surface area contributed by atoms with Crippen LogP contribution in [0.25, 0.3) is 0 Å². The predicted octanol–water partition coefficient (Wildman–Crippen LogP) is 3.16. The molecule has 0 spiro atoms. The van der Waals surface area contributed by atoms with Crippen molar-refractivity contribution < 1.29 is 19.1 Å². The van der Waals surface area contributed by atoms with Gasteiger partial charge in [0.25, 0.3) is 0 Å². The number of methoxy groups -OCH3 is 1. The minimum absolute atomic E-state index is 0.159. The Bertz CT molecular complexity index is 753. The van der Waals surface area contributed by atoms with Gasteiger partial charge in [-0.2, -0.15) is 0 Å². The molecule has 0 heterocycles. The highest BCUT2D eigenvalue weighted by atomic mass is 79.9. The molecule has 2 aromatic rings. The van der Waals surface area contributed by atoms with Crippen LogP contribution >= 0.6 is 15.9 Å². The molecule has 0 saturated carbocycles. The number of rotatable bonds is 9. The maximum atomic E-state index is 11.8. The maximum absolute atomic E-state index is 11.8. The molecule has 0 saturated heterocycles. The third-order valence-electron chi connectivity index (χ3n) is 3.47. The molecule has 3 amide bonds. The number of anilines is 1. The third kappa shape index (κ3) is 8.00. The Kier molecular flexibility index (Phi) is 8.44. The van der Waals surface area contributed by atoms with Crippen LogP contribution in [0.4, 0.5) is 10.5 Å². The number of halogens is 1. The van der Waals surface area contributed by atoms with Crippen molar-refractivity contribution in [2.75, 3.05) is 32.1 Å². The van der Waals surface area contributed by atoms with Crippen molar-refractivity contribution in [1.29, 1.82) is 0 Å². The summed E-state index contributed by atoms with van der Waals surface area (Å²) < 4.78 is 11.6. The van der Waals surface area contributed by atoms with E-state index in [1.807, 2.05) is 30.3 Å². The zero-order chi connectivity index (χ0) is 19.5. The molecule has 7 nitrogen and oxygen atoms in total. The molecule has 2 aromatic carbocycles. The van der Waals surface area contributed by atoms with Crippen molar-refractivity contribution in [2.45, 2.75) is 6.42 Å². The van der Waals surface area contributed by atoms with Crippen LogP contribution in [-0.2, 0) is 4.79 Å². The zero-order valence-electron chi connectivity index (χ0n) is 15.0. The highest BCUT2D eigenvalue weighted by Crippen LogP contribution is 2.18. The topological polar surface area (TPSA) is 88.7 Å². The Morgan fingerprint density at radius 2 is 1.74 bits per heavy atom. The number of hydrogen-bond donors (Lipinski definition) is 3. The van der Waals surface area contributed by atoms with E-state index in [-0.39, 0.29) is 24.9 Å². The lowest BCUT2D eigenvalue weighted by atomic mass is 10.3. The summed E-state index contributed by atoms with van der Waals surface area (Å²) in [5, 5.41) is 8.07. The number of ether oxygens (including phenoxy) is 2. The van der Waals surface area contributed by atoms with Crippen LogP contribution in [0.5, 0.6) is 11.5 Å². The number of amides is 3. The van der Waals surface area contributed by atoms with Gasteiger partial charge in [0, 0.05) is 29.2 Å². The molecule has 0 atom stereocenters. The van der Waals surface area contributed by atoms with Crippen LogP contribution in [-0.4, -0.2) is 38.7 Å². The summed E-state index contributed by atoms with van der Waals surface area (Å²) in [5.41, 5.74) is 0.676. The number of benzene rings is 2. The van der Waals surface area contributed by atoms with Gasteiger partial charge in [-0.05, 0) is 36.4 Å². The molecule has 27 heavy (non-hydrogen) atoms. The molecule has 0 bridgehead atoms. The van der Waals surface area contributed by atoms with Crippen LogP contribution < -0.4 is 25.4 Å². The largest absolute Gasteiger partial charge is 0.497 e. The van der Waals surface area contributed by atoms with Crippen molar-refractivity contribution in [3.05, 3.63) is 53.0 Å². The van der Waals surface area contributed by atoms with Crippen LogP contribution in [0.3, 0.4) is 0 Å². The van der Waals surface area contributed by atoms with Crippen LogP contribution in [0.1, 0.15) is 6.42 Å². The van der Waals surface area contributed by atoms with Crippen LogP contribution in [0.15, 0.2) is 53.0 Å². The SMILES string of the molecule is COc1cccc(OCCNC(=O)CCNC(=O)Nc2ccc(Br)cc2)c1. The molecule has 0 radical (unpaired) electrons. The molecule has 0 unspecified atom stereocenters. The van der Waals surface area contributed by atoms with E-state index in [1.54, 1.807) is 25.3 Å². The quantitative estimate of drug-likeness (QED) is 0.527. The van der Waals surface area contributed by atoms with Gasteiger partial charge in [-0.3, -0.25) is 4.79 Å². The van der Waals surface area contributed by atoms with E-state index >= 15 is 0 Å². The van der Waals surface area contributed by atoms with Crippen molar-refractivity contribution >= 4 is 33.6 Å². The van der Waals surface area contributed by atoms with Gasteiger partial charge in [-0.1, -0.05) is 22.0 Å². The van der Waals surface area contributed by atoms with E-state index in [0.717, 1.165) is 4.47 Å². The average molecular weight is 436 g/mol. The predicted molar refractivity (Wildman–Crippen MR) is 107 cm³/mol. The first-order valence-electron chi connectivity index (χ1n) is 8.41. The molecule has 144 valence electrons. The molecule has 0 aliphatic rings. The van der Waals surface area contributed by atoms with E-state index in [9.17, 15) is 9.59 Å². The summed E-state index contributed by atoms with van der Waals surface area (Å²) in [6, 6.07) is 14.1.